The van der Waals surface area contributed by atoms with E-state index in [1.165, 1.54) is 26.0 Å². The van der Waals surface area contributed by atoms with Gasteiger partial charge in [0.2, 0.25) is 5.91 Å². The van der Waals surface area contributed by atoms with Crippen molar-refractivity contribution in [1.82, 2.24) is 5.32 Å². The molecule has 0 spiro atoms. The lowest BCUT2D eigenvalue weighted by atomic mass is 9.98. The first-order valence-electron chi connectivity index (χ1n) is 8.37. The van der Waals surface area contributed by atoms with E-state index in [-0.39, 0.29) is 5.82 Å². The normalized spacial score (nSPS) is 11.1. The summed E-state index contributed by atoms with van der Waals surface area (Å²) >= 11 is 0. The number of benzene rings is 2. The summed E-state index contributed by atoms with van der Waals surface area (Å²) in [6, 6.07) is 11.0. The lowest BCUT2D eigenvalue weighted by Gasteiger charge is -2.27. The molecular weight excluding hydrogens is 359 g/mol. The van der Waals surface area contributed by atoms with Crippen LogP contribution in [-0.2, 0) is 4.79 Å². The fourth-order valence-corrected chi connectivity index (χ4v) is 2.19. The smallest absolute Gasteiger partial charge is 0.252 e. The number of carbonyl (C=O) groups is 2. The van der Waals surface area contributed by atoms with Crippen LogP contribution in [0.15, 0.2) is 61.7 Å². The molecule has 6 heteroatoms. The van der Waals surface area contributed by atoms with Crippen LogP contribution >= 0.6 is 0 Å². The van der Waals surface area contributed by atoms with Gasteiger partial charge >= 0.3 is 0 Å². The molecule has 0 bridgehead atoms. The molecule has 2 aromatic rings. The van der Waals surface area contributed by atoms with Gasteiger partial charge in [0.15, 0.2) is 0 Å². The molecular formula is C22H23FN2O3. The summed E-state index contributed by atoms with van der Waals surface area (Å²) in [5, 5.41) is 12.3. The first-order valence-corrected chi connectivity index (χ1v) is 8.37. The molecule has 5 nitrogen and oxygen atoms in total. The average Bonchev–Trinajstić information content (AvgIpc) is 2.66. The van der Waals surface area contributed by atoms with E-state index in [9.17, 15) is 19.1 Å². The van der Waals surface area contributed by atoms with Crippen LogP contribution in [0.25, 0.3) is 0 Å². The van der Waals surface area contributed by atoms with Gasteiger partial charge in [0.1, 0.15) is 11.9 Å². The van der Waals surface area contributed by atoms with Crippen LogP contribution in [0, 0.1) is 17.7 Å². The Bertz CT molecular complexity index is 873. The van der Waals surface area contributed by atoms with Crippen LogP contribution < -0.4 is 11.1 Å². The second-order valence-electron chi connectivity index (χ2n) is 6.30. The van der Waals surface area contributed by atoms with Crippen LogP contribution in [0.5, 0.6) is 0 Å². The Labute approximate surface area is 164 Å². The molecule has 0 fully saturated rings. The standard InChI is InChI=1S/C20H19FN2O3.C2H4/c1-20(2,26)17(18(22)24)23-19(25)15-9-5-13(6-10-15)3-4-14-7-11-16(21)12-8-14;1-2/h5-12,17,26H,1-2H3,(H2,22,24)(H,23,25);1-2H2. The number of hydrogen-bond donors (Lipinski definition) is 3. The number of rotatable bonds is 4. The number of amides is 2. The van der Waals surface area contributed by atoms with E-state index in [2.05, 4.69) is 30.3 Å². The van der Waals surface area contributed by atoms with E-state index in [1.54, 1.807) is 36.4 Å². The summed E-state index contributed by atoms with van der Waals surface area (Å²) < 4.78 is 12.9. The Hall–Kier alpha value is -3.43. The van der Waals surface area contributed by atoms with Gasteiger partial charge in [-0.25, -0.2) is 4.39 Å². The zero-order chi connectivity index (χ0) is 21.3. The van der Waals surface area contributed by atoms with Gasteiger partial charge in [-0.05, 0) is 62.4 Å². The zero-order valence-electron chi connectivity index (χ0n) is 15.8. The van der Waals surface area contributed by atoms with Crippen molar-refractivity contribution in [3.8, 4) is 11.8 Å². The van der Waals surface area contributed by atoms with Crippen molar-refractivity contribution in [3.05, 3.63) is 84.2 Å². The summed E-state index contributed by atoms with van der Waals surface area (Å²) in [6.45, 7) is 8.77. The third-order valence-electron chi connectivity index (χ3n) is 3.61. The van der Waals surface area contributed by atoms with Gasteiger partial charge in [-0.15, -0.1) is 13.2 Å². The van der Waals surface area contributed by atoms with Crippen molar-refractivity contribution in [1.29, 1.82) is 0 Å². The molecule has 0 aliphatic heterocycles. The summed E-state index contributed by atoms with van der Waals surface area (Å²) in [6.07, 6.45) is 0. The third-order valence-corrected chi connectivity index (χ3v) is 3.61. The minimum atomic E-state index is -1.48. The van der Waals surface area contributed by atoms with Crippen LogP contribution in [0.3, 0.4) is 0 Å². The maximum atomic E-state index is 12.9. The van der Waals surface area contributed by atoms with E-state index in [4.69, 9.17) is 5.73 Å². The molecule has 0 aliphatic rings. The number of halogens is 1. The Balaban J connectivity index is 0.00000190. The van der Waals surface area contributed by atoms with Gasteiger partial charge in [0.25, 0.3) is 5.91 Å². The van der Waals surface area contributed by atoms with Crippen molar-refractivity contribution < 1.29 is 19.1 Å². The Morgan fingerprint density at radius 2 is 1.46 bits per heavy atom. The van der Waals surface area contributed by atoms with Crippen LogP contribution in [0.4, 0.5) is 4.39 Å². The molecule has 0 aliphatic carbocycles. The number of hydrogen-bond acceptors (Lipinski definition) is 3. The van der Waals surface area contributed by atoms with E-state index in [0.29, 0.717) is 16.7 Å². The SMILES string of the molecule is C=C.CC(C)(O)C(NC(=O)c1ccc(C#Cc2ccc(F)cc2)cc1)C(N)=O. The third kappa shape index (κ3) is 6.71. The summed E-state index contributed by atoms with van der Waals surface area (Å²) in [7, 11) is 0. The van der Waals surface area contributed by atoms with Gasteiger partial charge < -0.3 is 16.2 Å². The molecule has 0 heterocycles. The van der Waals surface area contributed by atoms with Crippen LogP contribution in [-0.4, -0.2) is 28.6 Å². The molecule has 28 heavy (non-hydrogen) atoms. The lowest BCUT2D eigenvalue weighted by molar-refractivity contribution is -0.125. The predicted octanol–water partition coefficient (Wildman–Crippen LogP) is 2.38. The number of primary amides is 1. The molecule has 2 rings (SSSR count). The number of nitrogens with two attached hydrogens (primary N) is 1. The second-order valence-corrected chi connectivity index (χ2v) is 6.30. The molecule has 0 saturated heterocycles. The van der Waals surface area contributed by atoms with Crippen LogP contribution in [0.1, 0.15) is 35.3 Å². The highest BCUT2D eigenvalue weighted by atomic mass is 19.1. The van der Waals surface area contributed by atoms with Gasteiger partial charge in [-0.1, -0.05) is 11.8 Å². The molecule has 146 valence electrons. The summed E-state index contributed by atoms with van der Waals surface area (Å²) in [5.41, 5.74) is 5.37. The monoisotopic (exact) mass is 382 g/mol. The first kappa shape index (κ1) is 22.6. The van der Waals surface area contributed by atoms with Crippen molar-refractivity contribution >= 4 is 11.8 Å². The number of carbonyl (C=O) groups excluding carboxylic acids is 2. The van der Waals surface area contributed by atoms with Gasteiger partial charge in [-0.3, -0.25) is 9.59 Å². The average molecular weight is 382 g/mol. The molecule has 1 atom stereocenters. The molecule has 2 amide bonds. The van der Waals surface area contributed by atoms with Crippen molar-refractivity contribution in [2.24, 2.45) is 5.73 Å². The zero-order valence-corrected chi connectivity index (χ0v) is 15.8. The van der Waals surface area contributed by atoms with Crippen molar-refractivity contribution in [2.75, 3.05) is 0 Å². The molecule has 4 N–H and O–H groups in total. The fraction of sp³-hybridized carbons (Fsp3) is 0.182. The highest BCUT2D eigenvalue weighted by molar-refractivity contribution is 5.97. The van der Waals surface area contributed by atoms with E-state index < -0.39 is 23.5 Å². The van der Waals surface area contributed by atoms with E-state index >= 15 is 0 Å². The molecule has 0 aromatic heterocycles. The number of aliphatic hydroxyl groups is 1. The fourth-order valence-electron chi connectivity index (χ4n) is 2.19. The second kappa shape index (κ2) is 10.0. The predicted molar refractivity (Wildman–Crippen MR) is 107 cm³/mol. The van der Waals surface area contributed by atoms with Gasteiger partial charge in [0.05, 0.1) is 5.60 Å². The Morgan fingerprint density at radius 1 is 1.04 bits per heavy atom. The van der Waals surface area contributed by atoms with Gasteiger partial charge in [0, 0.05) is 16.7 Å². The quantitative estimate of drug-likeness (QED) is 0.560. The van der Waals surface area contributed by atoms with E-state index in [0.717, 1.165) is 0 Å². The summed E-state index contributed by atoms with van der Waals surface area (Å²) in [5.74, 6) is 4.12. The summed E-state index contributed by atoms with van der Waals surface area (Å²) in [4.78, 5) is 23.6. The highest BCUT2D eigenvalue weighted by Gasteiger charge is 2.33. The van der Waals surface area contributed by atoms with Crippen LogP contribution in [0.2, 0.25) is 0 Å². The number of nitrogens with one attached hydrogen (secondary N) is 1. The highest BCUT2D eigenvalue weighted by Crippen LogP contribution is 2.10. The lowest BCUT2D eigenvalue weighted by Crippen LogP contribution is -2.56. The minimum absolute atomic E-state index is 0.299. The topological polar surface area (TPSA) is 92.4 Å². The Morgan fingerprint density at radius 3 is 1.86 bits per heavy atom. The molecule has 0 saturated carbocycles. The minimum Gasteiger partial charge on any atom is -0.388 e. The van der Waals surface area contributed by atoms with Crippen molar-refractivity contribution in [3.63, 3.8) is 0 Å². The first-order chi connectivity index (χ1) is 13.2. The molecule has 1 unspecified atom stereocenters. The largest absolute Gasteiger partial charge is 0.388 e. The Kier molecular flexibility index (Phi) is 8.11. The van der Waals surface area contributed by atoms with Gasteiger partial charge in [-0.2, -0.15) is 0 Å². The molecule has 2 aromatic carbocycles. The maximum Gasteiger partial charge on any atom is 0.252 e. The molecule has 0 radical (unpaired) electrons. The maximum absolute atomic E-state index is 12.9. The van der Waals surface area contributed by atoms with E-state index in [1.807, 2.05) is 0 Å². The van der Waals surface area contributed by atoms with Crippen molar-refractivity contribution in [2.45, 2.75) is 25.5 Å².